The predicted molar refractivity (Wildman–Crippen MR) is 138 cm³/mol. The normalized spacial score (nSPS) is 21.8. The molecule has 1 fully saturated rings. The highest BCUT2D eigenvalue weighted by molar-refractivity contribution is 6.74. The first kappa shape index (κ1) is 28.4. The molecule has 0 saturated heterocycles. The number of carbonyl (C=O) groups is 1. The van der Waals surface area contributed by atoms with Crippen molar-refractivity contribution in [1.82, 2.24) is 0 Å². The van der Waals surface area contributed by atoms with E-state index in [-0.39, 0.29) is 34.0 Å². The third kappa shape index (κ3) is 7.70. The van der Waals surface area contributed by atoms with Crippen LogP contribution in [0.25, 0.3) is 0 Å². The molecule has 3 nitrogen and oxygen atoms in total. The number of hydrogen-bond acceptors (Lipinski definition) is 3. The third-order valence-electron chi connectivity index (χ3n) is 7.46. The number of rotatable bonds is 8. The van der Waals surface area contributed by atoms with Crippen LogP contribution in [0.2, 0.25) is 36.3 Å². The minimum absolute atomic E-state index is 0.0894. The van der Waals surface area contributed by atoms with Crippen LogP contribution in [0, 0.1) is 17.8 Å². The van der Waals surface area contributed by atoms with E-state index in [0.717, 1.165) is 12.8 Å². The molecule has 0 N–H and O–H groups in total. The second-order valence-electron chi connectivity index (χ2n) is 12.2. The van der Waals surface area contributed by atoms with Gasteiger partial charge < -0.3 is 8.85 Å². The second kappa shape index (κ2) is 10.5. The average molecular weight is 465 g/mol. The van der Waals surface area contributed by atoms with Gasteiger partial charge in [-0.1, -0.05) is 79.7 Å². The van der Waals surface area contributed by atoms with E-state index in [4.69, 9.17) is 8.85 Å². The summed E-state index contributed by atoms with van der Waals surface area (Å²) in [5.74, 6) is 6.72. The van der Waals surface area contributed by atoms with Gasteiger partial charge >= 0.3 is 0 Å². The van der Waals surface area contributed by atoms with Gasteiger partial charge in [-0.05, 0) is 49.1 Å². The molecule has 1 aliphatic carbocycles. The molecule has 1 saturated carbocycles. The molecular formula is C26H48O3Si2. The van der Waals surface area contributed by atoms with Crippen LogP contribution in [0.1, 0.15) is 80.6 Å². The molecule has 1 aliphatic rings. The zero-order chi connectivity index (χ0) is 24.3. The Bertz CT molecular complexity index is 699. The number of carbonyl (C=O) groups excluding carboxylic acids is 1. The summed E-state index contributed by atoms with van der Waals surface area (Å²) in [6, 6.07) is 0. The van der Waals surface area contributed by atoms with E-state index in [9.17, 15) is 4.79 Å². The van der Waals surface area contributed by atoms with E-state index < -0.39 is 16.6 Å². The Morgan fingerprint density at radius 1 is 1.03 bits per heavy atom. The summed E-state index contributed by atoms with van der Waals surface area (Å²) in [7, 11) is -3.93. The Morgan fingerprint density at radius 2 is 1.58 bits per heavy atom. The van der Waals surface area contributed by atoms with Crippen molar-refractivity contribution >= 4 is 22.4 Å². The lowest BCUT2D eigenvalue weighted by molar-refractivity contribution is -0.115. The van der Waals surface area contributed by atoms with E-state index in [1.165, 1.54) is 12.8 Å². The van der Waals surface area contributed by atoms with Crippen LogP contribution in [-0.4, -0.2) is 34.6 Å². The summed E-state index contributed by atoms with van der Waals surface area (Å²) in [5, 5.41) is 0.227. The largest absolute Gasteiger partial charge is 0.412 e. The van der Waals surface area contributed by atoms with E-state index >= 15 is 0 Å². The van der Waals surface area contributed by atoms with E-state index in [2.05, 4.69) is 93.1 Å². The molecule has 3 atom stereocenters. The molecule has 0 spiro atoms. The van der Waals surface area contributed by atoms with Crippen molar-refractivity contribution in [3.63, 3.8) is 0 Å². The molecule has 0 aliphatic heterocycles. The summed E-state index contributed by atoms with van der Waals surface area (Å²) in [4.78, 5) is 12.5. The Labute approximate surface area is 195 Å². The van der Waals surface area contributed by atoms with Gasteiger partial charge in [0.1, 0.15) is 6.10 Å². The van der Waals surface area contributed by atoms with Crippen molar-refractivity contribution < 1.29 is 13.6 Å². The van der Waals surface area contributed by atoms with Gasteiger partial charge in [-0.25, -0.2) is 0 Å². The molecule has 0 heterocycles. The highest BCUT2D eigenvalue weighted by Crippen LogP contribution is 2.41. The minimum Gasteiger partial charge on any atom is -0.412 e. The van der Waals surface area contributed by atoms with Crippen LogP contribution in [0.4, 0.5) is 0 Å². The van der Waals surface area contributed by atoms with Gasteiger partial charge in [0.25, 0.3) is 0 Å². The van der Waals surface area contributed by atoms with Crippen LogP contribution in [-0.2, 0) is 13.6 Å². The monoisotopic (exact) mass is 464 g/mol. The van der Waals surface area contributed by atoms with Gasteiger partial charge in [0.05, 0.1) is 12.0 Å². The Kier molecular flexibility index (Phi) is 9.61. The first-order valence-electron chi connectivity index (χ1n) is 12.0. The molecule has 178 valence electrons. The van der Waals surface area contributed by atoms with Crippen molar-refractivity contribution in [3.8, 4) is 11.8 Å². The molecule has 0 aromatic heterocycles. The Hall–Kier alpha value is -0.676. The maximum Gasteiger partial charge on any atom is 0.193 e. The molecule has 0 radical (unpaired) electrons. The fourth-order valence-corrected chi connectivity index (χ4v) is 5.70. The minimum atomic E-state index is -2.00. The maximum absolute atomic E-state index is 12.5. The fourth-order valence-electron chi connectivity index (χ4n) is 3.13. The van der Waals surface area contributed by atoms with Crippen molar-refractivity contribution in [2.45, 2.75) is 129 Å². The first-order chi connectivity index (χ1) is 13.9. The first-order valence-corrected chi connectivity index (χ1v) is 17.8. The van der Waals surface area contributed by atoms with Gasteiger partial charge in [-0.2, -0.15) is 0 Å². The van der Waals surface area contributed by atoms with Crippen LogP contribution in [0.15, 0.2) is 12.2 Å². The SMILES string of the molecule is C=C1C(=O)C[C@@H](O[Si](C)(C)C(C)(C)C)[C@@H]1C#C[C@H](CCCCC)O[Si](C)(C)C(C)(C)C. The Balaban J connectivity index is 3.14. The van der Waals surface area contributed by atoms with Crippen LogP contribution < -0.4 is 0 Å². The number of Topliss-reactive ketones (excluding diaryl/α,β-unsaturated/α-hetero) is 1. The van der Waals surface area contributed by atoms with Crippen LogP contribution in [0.3, 0.4) is 0 Å². The van der Waals surface area contributed by atoms with Gasteiger partial charge in [-0.3, -0.25) is 4.79 Å². The molecule has 0 aromatic rings. The highest BCUT2D eigenvalue weighted by atomic mass is 28.4. The van der Waals surface area contributed by atoms with Crippen LogP contribution in [0.5, 0.6) is 0 Å². The van der Waals surface area contributed by atoms with Crippen molar-refractivity contribution in [2.75, 3.05) is 0 Å². The zero-order valence-electron chi connectivity index (χ0n) is 22.2. The van der Waals surface area contributed by atoms with Crippen LogP contribution >= 0.6 is 0 Å². The maximum atomic E-state index is 12.5. The highest BCUT2D eigenvalue weighted by Gasteiger charge is 2.45. The summed E-state index contributed by atoms with van der Waals surface area (Å²) in [6.45, 7) is 28.8. The quantitative estimate of drug-likeness (QED) is 0.161. The van der Waals surface area contributed by atoms with Crippen molar-refractivity contribution in [1.29, 1.82) is 0 Å². The number of ketones is 1. The van der Waals surface area contributed by atoms with Crippen molar-refractivity contribution in [3.05, 3.63) is 12.2 Å². The zero-order valence-corrected chi connectivity index (χ0v) is 24.2. The Morgan fingerprint density at radius 3 is 2.06 bits per heavy atom. The average Bonchev–Trinajstić information content (AvgIpc) is 2.83. The van der Waals surface area contributed by atoms with E-state index in [0.29, 0.717) is 12.0 Å². The topological polar surface area (TPSA) is 35.5 Å². The molecule has 0 amide bonds. The second-order valence-corrected chi connectivity index (χ2v) is 21.7. The van der Waals surface area contributed by atoms with E-state index in [1.807, 2.05) is 0 Å². The molecule has 1 rings (SSSR count). The fraction of sp³-hybridized carbons (Fsp3) is 0.808. The number of unbranched alkanes of at least 4 members (excludes halogenated alkanes) is 2. The predicted octanol–water partition coefficient (Wildman–Crippen LogP) is 7.50. The van der Waals surface area contributed by atoms with E-state index in [1.54, 1.807) is 0 Å². The molecule has 0 bridgehead atoms. The smallest absolute Gasteiger partial charge is 0.193 e. The van der Waals surface area contributed by atoms with Gasteiger partial charge in [0.2, 0.25) is 0 Å². The molecule has 0 aromatic carbocycles. The summed E-state index contributed by atoms with van der Waals surface area (Å²) in [6.07, 6.45) is 4.53. The third-order valence-corrected chi connectivity index (χ3v) is 16.4. The summed E-state index contributed by atoms with van der Waals surface area (Å²) < 4.78 is 13.3. The van der Waals surface area contributed by atoms with Gasteiger partial charge in [-0.15, -0.1) is 0 Å². The van der Waals surface area contributed by atoms with Gasteiger partial charge in [0.15, 0.2) is 22.4 Å². The van der Waals surface area contributed by atoms with Gasteiger partial charge in [0, 0.05) is 12.0 Å². The lowest BCUT2D eigenvalue weighted by Crippen LogP contribution is -2.45. The lowest BCUT2D eigenvalue weighted by Gasteiger charge is -2.39. The number of hydrogen-bond donors (Lipinski definition) is 0. The molecule has 0 unspecified atom stereocenters. The standard InChI is InChI=1S/C26H48O3Si2/c1-13-14-15-16-21(28-30(9,10)25(3,4)5)17-18-22-20(2)23(27)19-24(22)29-31(11,12)26(6,7)8/h21-22,24H,2,13-16,19H2,1,3-12H3/t21-,22+,24+/m0/s1. The summed E-state index contributed by atoms with van der Waals surface area (Å²) in [5.41, 5.74) is 0.607. The lowest BCUT2D eigenvalue weighted by atomic mass is 10.0. The summed E-state index contributed by atoms with van der Waals surface area (Å²) >= 11 is 0. The molecule has 31 heavy (non-hydrogen) atoms. The molecule has 5 heteroatoms. The molecular weight excluding hydrogens is 416 g/mol. The van der Waals surface area contributed by atoms with Crippen molar-refractivity contribution in [2.24, 2.45) is 5.92 Å².